The van der Waals surface area contributed by atoms with Gasteiger partial charge >= 0.3 is 0 Å². The van der Waals surface area contributed by atoms with E-state index in [1.807, 2.05) is 30.3 Å². The van der Waals surface area contributed by atoms with Crippen LogP contribution in [0.1, 0.15) is 6.42 Å². The number of hydrogen-bond acceptors (Lipinski definition) is 3. The zero-order valence-electron chi connectivity index (χ0n) is 7.94. The van der Waals surface area contributed by atoms with Gasteiger partial charge in [-0.05, 0) is 12.1 Å². The molecule has 0 aliphatic heterocycles. The molecule has 14 heavy (non-hydrogen) atoms. The van der Waals surface area contributed by atoms with E-state index >= 15 is 0 Å². The van der Waals surface area contributed by atoms with Crippen LogP contribution in [0.5, 0.6) is 5.75 Å². The monoisotopic (exact) mass is 190 g/mol. The standard InChI is InChI=1S/C11H14N2O/c1-2-10(13-12)8-9-14-11-6-4-3-5-7-11/h1,3-7,10,13H,8-9,12H2. The van der Waals surface area contributed by atoms with Crippen LogP contribution in [0.15, 0.2) is 30.3 Å². The zero-order valence-corrected chi connectivity index (χ0v) is 7.94. The largest absolute Gasteiger partial charge is 0.494 e. The van der Waals surface area contributed by atoms with Crippen LogP contribution in [-0.4, -0.2) is 12.6 Å². The zero-order chi connectivity index (χ0) is 10.2. The fraction of sp³-hybridized carbons (Fsp3) is 0.273. The Morgan fingerprint density at radius 3 is 2.71 bits per heavy atom. The van der Waals surface area contributed by atoms with E-state index < -0.39 is 0 Å². The fourth-order valence-electron chi connectivity index (χ4n) is 1.03. The number of benzene rings is 1. The molecule has 0 amide bonds. The van der Waals surface area contributed by atoms with Gasteiger partial charge in [-0.1, -0.05) is 24.1 Å². The van der Waals surface area contributed by atoms with Gasteiger partial charge < -0.3 is 4.74 Å². The minimum atomic E-state index is -0.126. The van der Waals surface area contributed by atoms with Crippen LogP contribution in [0.3, 0.4) is 0 Å². The molecule has 74 valence electrons. The third kappa shape index (κ3) is 3.48. The number of rotatable bonds is 5. The second-order valence-electron chi connectivity index (χ2n) is 2.84. The quantitative estimate of drug-likeness (QED) is 0.412. The van der Waals surface area contributed by atoms with E-state index in [-0.39, 0.29) is 6.04 Å². The van der Waals surface area contributed by atoms with Gasteiger partial charge in [0.05, 0.1) is 12.6 Å². The Morgan fingerprint density at radius 2 is 2.14 bits per heavy atom. The van der Waals surface area contributed by atoms with E-state index in [4.69, 9.17) is 17.0 Å². The van der Waals surface area contributed by atoms with E-state index in [1.54, 1.807) is 0 Å². The molecule has 3 nitrogen and oxygen atoms in total. The van der Waals surface area contributed by atoms with Crippen molar-refractivity contribution in [3.05, 3.63) is 30.3 Å². The smallest absolute Gasteiger partial charge is 0.119 e. The number of terminal acetylenes is 1. The molecule has 0 saturated heterocycles. The molecule has 0 bridgehead atoms. The van der Waals surface area contributed by atoms with Gasteiger partial charge in [-0.3, -0.25) is 5.84 Å². The number of hydrazine groups is 1. The van der Waals surface area contributed by atoms with E-state index in [1.165, 1.54) is 0 Å². The topological polar surface area (TPSA) is 47.3 Å². The molecule has 1 unspecified atom stereocenters. The van der Waals surface area contributed by atoms with Crippen LogP contribution in [-0.2, 0) is 0 Å². The highest BCUT2D eigenvalue weighted by Crippen LogP contribution is 2.08. The summed E-state index contributed by atoms with van der Waals surface area (Å²) >= 11 is 0. The van der Waals surface area contributed by atoms with E-state index in [0.29, 0.717) is 13.0 Å². The average Bonchev–Trinajstić information content (AvgIpc) is 2.26. The summed E-state index contributed by atoms with van der Waals surface area (Å²) in [5.41, 5.74) is 2.52. The molecule has 3 N–H and O–H groups in total. The van der Waals surface area contributed by atoms with Crippen LogP contribution in [0, 0.1) is 12.3 Å². The maximum atomic E-state index is 5.45. The molecule has 0 aliphatic rings. The highest BCUT2D eigenvalue weighted by molar-refractivity contribution is 5.20. The molecule has 0 aromatic heterocycles. The summed E-state index contributed by atoms with van der Waals surface area (Å²) in [6.45, 7) is 0.559. The summed E-state index contributed by atoms with van der Waals surface area (Å²) in [6, 6.07) is 9.48. The summed E-state index contributed by atoms with van der Waals surface area (Å²) in [5.74, 6) is 8.58. The van der Waals surface area contributed by atoms with Crippen molar-refractivity contribution < 1.29 is 4.74 Å². The van der Waals surface area contributed by atoms with Crippen molar-refractivity contribution in [3.8, 4) is 18.1 Å². The molecule has 1 atom stereocenters. The third-order valence-electron chi connectivity index (χ3n) is 1.82. The summed E-state index contributed by atoms with van der Waals surface area (Å²) in [6.07, 6.45) is 5.91. The van der Waals surface area contributed by atoms with E-state index in [2.05, 4.69) is 11.3 Å². The van der Waals surface area contributed by atoms with Gasteiger partial charge in [0.15, 0.2) is 0 Å². The van der Waals surface area contributed by atoms with Gasteiger partial charge in [0.2, 0.25) is 0 Å². The summed E-state index contributed by atoms with van der Waals surface area (Å²) in [5, 5.41) is 0. The molecule has 0 heterocycles. The molecule has 3 heteroatoms. The highest BCUT2D eigenvalue weighted by Gasteiger charge is 2.01. The second-order valence-corrected chi connectivity index (χ2v) is 2.84. The highest BCUT2D eigenvalue weighted by atomic mass is 16.5. The van der Waals surface area contributed by atoms with Crippen molar-refractivity contribution in [2.45, 2.75) is 12.5 Å². The maximum absolute atomic E-state index is 5.45. The number of nitrogens with two attached hydrogens (primary N) is 1. The van der Waals surface area contributed by atoms with Crippen LogP contribution >= 0.6 is 0 Å². The first-order chi connectivity index (χ1) is 6.86. The van der Waals surface area contributed by atoms with Crippen molar-refractivity contribution in [3.63, 3.8) is 0 Å². The maximum Gasteiger partial charge on any atom is 0.119 e. The Hall–Kier alpha value is -1.50. The Balaban J connectivity index is 2.26. The van der Waals surface area contributed by atoms with Crippen molar-refractivity contribution in [1.29, 1.82) is 0 Å². The Bertz CT molecular complexity index is 292. The summed E-state index contributed by atoms with van der Waals surface area (Å²) in [4.78, 5) is 0. The van der Waals surface area contributed by atoms with Gasteiger partial charge in [-0.15, -0.1) is 6.42 Å². The van der Waals surface area contributed by atoms with E-state index in [0.717, 1.165) is 5.75 Å². The lowest BCUT2D eigenvalue weighted by atomic mass is 10.2. The lowest BCUT2D eigenvalue weighted by Gasteiger charge is -2.09. The molecular weight excluding hydrogens is 176 g/mol. The Kier molecular flexibility index (Phi) is 4.56. The second kappa shape index (κ2) is 6.03. The first-order valence-electron chi connectivity index (χ1n) is 4.47. The molecule has 1 aromatic carbocycles. The molecule has 0 fully saturated rings. The Labute approximate surface area is 84.2 Å². The molecule has 0 radical (unpaired) electrons. The van der Waals surface area contributed by atoms with Gasteiger partial charge in [0.25, 0.3) is 0 Å². The van der Waals surface area contributed by atoms with Gasteiger partial charge in [-0.25, -0.2) is 5.43 Å². The van der Waals surface area contributed by atoms with Crippen LogP contribution in [0.4, 0.5) is 0 Å². The molecule has 0 saturated carbocycles. The van der Waals surface area contributed by atoms with Gasteiger partial charge in [-0.2, -0.15) is 0 Å². The fourth-order valence-corrected chi connectivity index (χ4v) is 1.03. The average molecular weight is 190 g/mol. The lowest BCUT2D eigenvalue weighted by molar-refractivity contribution is 0.299. The molecule has 1 aromatic rings. The van der Waals surface area contributed by atoms with Crippen molar-refractivity contribution in [1.82, 2.24) is 5.43 Å². The number of hydrogen-bond donors (Lipinski definition) is 2. The first kappa shape index (κ1) is 10.6. The SMILES string of the molecule is C#CC(CCOc1ccccc1)NN. The minimum Gasteiger partial charge on any atom is -0.494 e. The van der Waals surface area contributed by atoms with Crippen LogP contribution < -0.4 is 16.0 Å². The van der Waals surface area contributed by atoms with Crippen LogP contribution in [0.2, 0.25) is 0 Å². The summed E-state index contributed by atoms with van der Waals surface area (Å²) < 4.78 is 5.45. The van der Waals surface area contributed by atoms with Crippen molar-refractivity contribution in [2.24, 2.45) is 5.84 Å². The number of ether oxygens (including phenoxy) is 1. The number of para-hydroxylation sites is 1. The summed E-state index contributed by atoms with van der Waals surface area (Å²) in [7, 11) is 0. The third-order valence-corrected chi connectivity index (χ3v) is 1.82. The minimum absolute atomic E-state index is 0.126. The van der Waals surface area contributed by atoms with E-state index in [9.17, 15) is 0 Å². The predicted octanol–water partition coefficient (Wildman–Crippen LogP) is 0.921. The van der Waals surface area contributed by atoms with Crippen molar-refractivity contribution >= 4 is 0 Å². The van der Waals surface area contributed by atoms with Crippen molar-refractivity contribution in [2.75, 3.05) is 6.61 Å². The Morgan fingerprint density at radius 1 is 1.43 bits per heavy atom. The molecular formula is C11H14N2O. The lowest BCUT2D eigenvalue weighted by Crippen LogP contribution is -2.34. The van der Waals surface area contributed by atoms with Gasteiger partial charge in [0.1, 0.15) is 5.75 Å². The molecule has 0 aliphatic carbocycles. The van der Waals surface area contributed by atoms with Crippen LogP contribution in [0.25, 0.3) is 0 Å². The molecule has 0 spiro atoms. The predicted molar refractivity (Wildman–Crippen MR) is 56.5 cm³/mol. The normalized spacial score (nSPS) is 11.7. The first-order valence-corrected chi connectivity index (χ1v) is 4.47. The molecule has 1 rings (SSSR count). The number of nitrogens with one attached hydrogen (secondary N) is 1. The van der Waals surface area contributed by atoms with Gasteiger partial charge in [0, 0.05) is 6.42 Å².